The minimum Gasteiger partial charge on any atom is -0.316 e. The first-order chi connectivity index (χ1) is 9.72. The highest BCUT2D eigenvalue weighted by molar-refractivity contribution is 5.37. The molecular weight excluding hydrogens is 242 g/mol. The number of nitrogens with one attached hydrogen (secondary N) is 1. The van der Waals surface area contributed by atoms with Gasteiger partial charge in [-0.05, 0) is 49.3 Å². The number of likely N-dealkylation sites (N-methyl/N-ethyl adjacent to an activating group) is 1. The van der Waals surface area contributed by atoms with Gasteiger partial charge in [0.2, 0.25) is 0 Å². The van der Waals surface area contributed by atoms with Crippen molar-refractivity contribution in [3.8, 4) is 0 Å². The fourth-order valence-electron chi connectivity index (χ4n) is 4.10. The summed E-state index contributed by atoms with van der Waals surface area (Å²) in [6.07, 6.45) is 7.97. The molecule has 112 valence electrons. The third kappa shape index (κ3) is 3.44. The Morgan fingerprint density at radius 1 is 1.25 bits per heavy atom. The van der Waals surface area contributed by atoms with Gasteiger partial charge in [-0.15, -0.1) is 0 Å². The van der Waals surface area contributed by atoms with E-state index < -0.39 is 0 Å². The van der Waals surface area contributed by atoms with Crippen molar-refractivity contribution in [1.29, 1.82) is 0 Å². The Balaban J connectivity index is 2.27. The first kappa shape index (κ1) is 15.6. The van der Waals surface area contributed by atoms with Gasteiger partial charge in [0.25, 0.3) is 0 Å². The van der Waals surface area contributed by atoms with Crippen LogP contribution >= 0.6 is 0 Å². The molecule has 0 saturated carbocycles. The van der Waals surface area contributed by atoms with Gasteiger partial charge in [0.15, 0.2) is 0 Å². The largest absolute Gasteiger partial charge is 0.316 e. The molecule has 0 saturated heterocycles. The van der Waals surface area contributed by atoms with Crippen LogP contribution in [0.4, 0.5) is 0 Å². The van der Waals surface area contributed by atoms with Crippen molar-refractivity contribution in [1.82, 2.24) is 5.32 Å². The lowest BCUT2D eigenvalue weighted by Gasteiger charge is -2.41. The summed E-state index contributed by atoms with van der Waals surface area (Å²) in [6, 6.07) is 9.18. The number of aryl methyl sites for hydroxylation is 1. The third-order valence-corrected chi connectivity index (χ3v) is 4.92. The zero-order valence-corrected chi connectivity index (χ0v) is 13.5. The molecule has 2 rings (SSSR count). The smallest absolute Gasteiger partial charge is 0.00831 e. The van der Waals surface area contributed by atoms with E-state index in [1.54, 1.807) is 11.1 Å². The molecular formula is C19H31N. The molecule has 1 aromatic carbocycles. The van der Waals surface area contributed by atoms with Crippen LogP contribution in [0.5, 0.6) is 0 Å². The van der Waals surface area contributed by atoms with Crippen LogP contribution in [0.2, 0.25) is 0 Å². The summed E-state index contributed by atoms with van der Waals surface area (Å²) in [5.41, 5.74) is 3.61. The van der Waals surface area contributed by atoms with E-state index in [0.717, 1.165) is 19.0 Å². The molecule has 0 fully saturated rings. The maximum atomic E-state index is 3.65. The van der Waals surface area contributed by atoms with E-state index in [1.165, 1.54) is 38.5 Å². The van der Waals surface area contributed by atoms with E-state index in [2.05, 4.69) is 50.4 Å². The fraction of sp³-hybridized carbons (Fsp3) is 0.684. The van der Waals surface area contributed by atoms with Gasteiger partial charge in [-0.2, -0.15) is 0 Å². The monoisotopic (exact) mass is 273 g/mol. The highest BCUT2D eigenvalue weighted by Crippen LogP contribution is 2.42. The van der Waals surface area contributed by atoms with Crippen molar-refractivity contribution in [2.45, 2.75) is 64.7 Å². The van der Waals surface area contributed by atoms with Crippen LogP contribution in [-0.2, 0) is 11.8 Å². The predicted octanol–water partition coefficient (Wildman–Crippen LogP) is 4.70. The number of fused-ring (bicyclic) bond motifs is 1. The summed E-state index contributed by atoms with van der Waals surface area (Å²) in [5.74, 6) is 0.824. The molecule has 0 heterocycles. The van der Waals surface area contributed by atoms with Crippen LogP contribution in [0.1, 0.15) is 64.0 Å². The molecule has 0 aromatic heterocycles. The zero-order valence-electron chi connectivity index (χ0n) is 13.5. The Hall–Kier alpha value is -0.820. The molecule has 1 nitrogen and oxygen atoms in total. The molecule has 2 atom stereocenters. The molecule has 1 N–H and O–H groups in total. The summed E-state index contributed by atoms with van der Waals surface area (Å²) < 4.78 is 0. The van der Waals surface area contributed by atoms with Gasteiger partial charge in [0, 0.05) is 12.0 Å². The van der Waals surface area contributed by atoms with E-state index in [4.69, 9.17) is 0 Å². The molecule has 0 radical (unpaired) electrons. The van der Waals surface area contributed by atoms with E-state index >= 15 is 0 Å². The van der Waals surface area contributed by atoms with Gasteiger partial charge >= 0.3 is 0 Å². The summed E-state index contributed by atoms with van der Waals surface area (Å²) >= 11 is 0. The van der Waals surface area contributed by atoms with Crippen LogP contribution in [-0.4, -0.2) is 13.1 Å². The molecule has 20 heavy (non-hydrogen) atoms. The molecule has 0 amide bonds. The Morgan fingerprint density at radius 2 is 2.05 bits per heavy atom. The van der Waals surface area contributed by atoms with Crippen molar-refractivity contribution >= 4 is 0 Å². The lowest BCUT2D eigenvalue weighted by Crippen LogP contribution is -2.42. The Kier molecular flexibility index (Phi) is 5.65. The summed E-state index contributed by atoms with van der Waals surface area (Å²) in [4.78, 5) is 0. The van der Waals surface area contributed by atoms with Gasteiger partial charge in [-0.1, -0.05) is 57.9 Å². The van der Waals surface area contributed by atoms with Gasteiger partial charge < -0.3 is 5.32 Å². The highest BCUT2D eigenvalue weighted by atomic mass is 14.9. The molecule has 1 aliphatic carbocycles. The Bertz CT molecular complexity index is 412. The number of benzene rings is 1. The highest BCUT2D eigenvalue weighted by Gasteiger charge is 2.36. The molecule has 1 aromatic rings. The molecule has 2 unspecified atom stereocenters. The molecule has 0 aliphatic heterocycles. The molecule has 0 spiro atoms. The fourth-order valence-corrected chi connectivity index (χ4v) is 4.10. The normalized spacial score (nSPS) is 23.4. The number of hydrogen-bond acceptors (Lipinski definition) is 1. The molecule has 0 bridgehead atoms. The molecule has 1 aliphatic rings. The van der Waals surface area contributed by atoms with E-state index in [0.29, 0.717) is 5.41 Å². The van der Waals surface area contributed by atoms with Gasteiger partial charge in [-0.25, -0.2) is 0 Å². The second-order valence-corrected chi connectivity index (χ2v) is 6.67. The van der Waals surface area contributed by atoms with Crippen molar-refractivity contribution in [2.75, 3.05) is 13.1 Å². The maximum Gasteiger partial charge on any atom is 0.00831 e. The standard InChI is InChI=1S/C19H31N/c1-4-9-16(3)14-19(15-20-5-2)13-8-11-17-10-6-7-12-18(17)19/h6-7,10,12,16,20H,4-5,8-9,11,13-15H2,1-3H3. The van der Waals surface area contributed by atoms with Gasteiger partial charge in [0.1, 0.15) is 0 Å². The van der Waals surface area contributed by atoms with Crippen molar-refractivity contribution in [2.24, 2.45) is 5.92 Å². The zero-order chi connectivity index (χ0) is 14.4. The minimum atomic E-state index is 0.374. The average Bonchev–Trinajstić information content (AvgIpc) is 2.46. The summed E-state index contributed by atoms with van der Waals surface area (Å²) in [5, 5.41) is 3.65. The average molecular weight is 273 g/mol. The summed E-state index contributed by atoms with van der Waals surface area (Å²) in [6.45, 7) is 9.19. The minimum absolute atomic E-state index is 0.374. The lowest BCUT2D eigenvalue weighted by atomic mass is 9.65. The van der Waals surface area contributed by atoms with Crippen LogP contribution < -0.4 is 5.32 Å². The van der Waals surface area contributed by atoms with Crippen LogP contribution in [0.3, 0.4) is 0 Å². The van der Waals surface area contributed by atoms with Crippen LogP contribution in [0.15, 0.2) is 24.3 Å². The lowest BCUT2D eigenvalue weighted by molar-refractivity contribution is 0.266. The second kappa shape index (κ2) is 7.26. The van der Waals surface area contributed by atoms with E-state index in [1.807, 2.05) is 0 Å². The quantitative estimate of drug-likeness (QED) is 0.759. The second-order valence-electron chi connectivity index (χ2n) is 6.67. The van der Waals surface area contributed by atoms with Gasteiger partial charge in [-0.3, -0.25) is 0 Å². The van der Waals surface area contributed by atoms with E-state index in [9.17, 15) is 0 Å². The van der Waals surface area contributed by atoms with Crippen molar-refractivity contribution < 1.29 is 0 Å². The van der Waals surface area contributed by atoms with Gasteiger partial charge in [0.05, 0.1) is 0 Å². The predicted molar refractivity (Wildman–Crippen MR) is 88.3 cm³/mol. The SMILES string of the molecule is CCCC(C)CC1(CNCC)CCCc2ccccc21. The number of hydrogen-bond donors (Lipinski definition) is 1. The van der Waals surface area contributed by atoms with Crippen molar-refractivity contribution in [3.63, 3.8) is 0 Å². The van der Waals surface area contributed by atoms with Crippen LogP contribution in [0, 0.1) is 5.92 Å². The third-order valence-electron chi connectivity index (χ3n) is 4.92. The van der Waals surface area contributed by atoms with Crippen molar-refractivity contribution in [3.05, 3.63) is 35.4 Å². The van der Waals surface area contributed by atoms with Crippen LogP contribution in [0.25, 0.3) is 0 Å². The Labute approximate surface area is 125 Å². The maximum absolute atomic E-state index is 3.65. The first-order valence-corrected chi connectivity index (χ1v) is 8.51. The topological polar surface area (TPSA) is 12.0 Å². The molecule has 1 heteroatoms. The first-order valence-electron chi connectivity index (χ1n) is 8.51. The van der Waals surface area contributed by atoms with E-state index in [-0.39, 0.29) is 0 Å². The Morgan fingerprint density at radius 3 is 2.80 bits per heavy atom. The number of rotatable bonds is 7. The summed E-state index contributed by atoms with van der Waals surface area (Å²) in [7, 11) is 0.